The van der Waals surface area contributed by atoms with Gasteiger partial charge in [-0.15, -0.1) is 0 Å². The maximum atomic E-state index is 5.58. The van der Waals surface area contributed by atoms with Gasteiger partial charge in [-0.3, -0.25) is 4.98 Å². The van der Waals surface area contributed by atoms with E-state index in [-0.39, 0.29) is 0 Å². The Balaban J connectivity index is 2.26. The summed E-state index contributed by atoms with van der Waals surface area (Å²) in [7, 11) is 6.04. The third kappa shape index (κ3) is 5.09. The second-order valence-corrected chi connectivity index (χ2v) is 4.02. The first-order chi connectivity index (χ1) is 7.72. The Morgan fingerprint density at radius 3 is 2.75 bits per heavy atom. The predicted molar refractivity (Wildman–Crippen MR) is 65.7 cm³/mol. The fraction of sp³-hybridized carbons (Fsp3) is 0.583. The monoisotopic (exact) mass is 223 g/mol. The highest BCUT2D eigenvalue weighted by Crippen LogP contribution is 2.09. The molecule has 0 spiro atoms. The van der Waals surface area contributed by atoms with Gasteiger partial charge in [0.25, 0.3) is 0 Å². The summed E-state index contributed by atoms with van der Waals surface area (Å²) >= 11 is 0. The van der Waals surface area contributed by atoms with Crippen molar-refractivity contribution in [1.82, 2.24) is 15.2 Å². The second-order valence-electron chi connectivity index (χ2n) is 4.02. The molecular weight excluding hydrogens is 202 g/mol. The lowest BCUT2D eigenvalue weighted by atomic mass is 10.3. The average Bonchev–Trinajstić information content (AvgIpc) is 2.27. The van der Waals surface area contributed by atoms with Gasteiger partial charge in [-0.1, -0.05) is 0 Å². The van der Waals surface area contributed by atoms with Crippen LogP contribution in [-0.4, -0.2) is 44.2 Å². The van der Waals surface area contributed by atoms with E-state index in [2.05, 4.69) is 29.3 Å². The largest absolute Gasteiger partial charge is 0.492 e. The zero-order valence-electron chi connectivity index (χ0n) is 10.4. The quantitative estimate of drug-likeness (QED) is 0.703. The van der Waals surface area contributed by atoms with E-state index >= 15 is 0 Å². The molecule has 90 valence electrons. The minimum Gasteiger partial charge on any atom is -0.492 e. The molecule has 1 N–H and O–H groups in total. The van der Waals surface area contributed by atoms with Crippen LogP contribution in [0.3, 0.4) is 0 Å². The van der Waals surface area contributed by atoms with E-state index < -0.39 is 0 Å². The van der Waals surface area contributed by atoms with Gasteiger partial charge in [0, 0.05) is 13.1 Å². The van der Waals surface area contributed by atoms with E-state index in [1.807, 2.05) is 19.2 Å². The van der Waals surface area contributed by atoms with E-state index in [1.165, 1.54) is 0 Å². The van der Waals surface area contributed by atoms with Crippen LogP contribution in [0.15, 0.2) is 18.3 Å². The van der Waals surface area contributed by atoms with Gasteiger partial charge in [-0.2, -0.15) is 0 Å². The molecule has 0 unspecified atom stereocenters. The van der Waals surface area contributed by atoms with E-state index in [0.717, 1.165) is 37.6 Å². The number of aromatic nitrogens is 1. The number of nitrogens with one attached hydrogen (secondary N) is 1. The molecule has 1 aromatic heterocycles. The van der Waals surface area contributed by atoms with Crippen molar-refractivity contribution in [2.24, 2.45) is 0 Å². The van der Waals surface area contributed by atoms with Crippen LogP contribution >= 0.6 is 0 Å². The van der Waals surface area contributed by atoms with Crippen LogP contribution < -0.4 is 10.1 Å². The fourth-order valence-electron chi connectivity index (χ4n) is 1.35. The number of ether oxygens (including phenoxy) is 1. The second kappa shape index (κ2) is 7.19. The molecular formula is C12H21N3O. The summed E-state index contributed by atoms with van der Waals surface area (Å²) < 4.78 is 5.58. The Hall–Kier alpha value is -1.13. The maximum Gasteiger partial charge on any atom is 0.137 e. The van der Waals surface area contributed by atoms with Crippen molar-refractivity contribution in [2.75, 3.05) is 34.3 Å². The van der Waals surface area contributed by atoms with E-state index in [1.54, 1.807) is 6.20 Å². The predicted octanol–water partition coefficient (Wildman–Crippen LogP) is 1.13. The minimum absolute atomic E-state index is 0.741. The summed E-state index contributed by atoms with van der Waals surface area (Å²) in [5.74, 6) is 0.846. The third-order valence-corrected chi connectivity index (χ3v) is 2.17. The maximum absolute atomic E-state index is 5.58. The fourth-order valence-corrected chi connectivity index (χ4v) is 1.35. The number of nitrogens with zero attached hydrogens (tertiary/aromatic N) is 2. The summed E-state index contributed by atoms with van der Waals surface area (Å²) in [6.07, 6.45) is 2.81. The zero-order valence-corrected chi connectivity index (χ0v) is 10.4. The van der Waals surface area contributed by atoms with Crippen LogP contribution in [0.4, 0.5) is 0 Å². The standard InChI is InChI=1S/C12H21N3O/c1-13-9-11-5-6-12(10-14-11)16-8-4-7-15(2)3/h5-6,10,13H,4,7-9H2,1-3H3. The van der Waals surface area contributed by atoms with Gasteiger partial charge in [0.2, 0.25) is 0 Å². The van der Waals surface area contributed by atoms with E-state index in [9.17, 15) is 0 Å². The van der Waals surface area contributed by atoms with E-state index in [0.29, 0.717) is 0 Å². The highest BCUT2D eigenvalue weighted by molar-refractivity contribution is 5.19. The molecule has 1 rings (SSSR count). The third-order valence-electron chi connectivity index (χ3n) is 2.17. The van der Waals surface area contributed by atoms with Crippen LogP contribution in [0.25, 0.3) is 0 Å². The lowest BCUT2D eigenvalue weighted by molar-refractivity contribution is 0.280. The summed E-state index contributed by atoms with van der Waals surface area (Å²) in [5.41, 5.74) is 1.03. The summed E-state index contributed by atoms with van der Waals surface area (Å²) in [5, 5.41) is 3.06. The summed E-state index contributed by atoms with van der Waals surface area (Å²) in [6.45, 7) is 2.58. The minimum atomic E-state index is 0.741. The molecule has 0 amide bonds. The first kappa shape index (κ1) is 12.9. The molecule has 0 radical (unpaired) electrons. The summed E-state index contributed by atoms with van der Waals surface area (Å²) in [6, 6.07) is 3.95. The lowest BCUT2D eigenvalue weighted by Gasteiger charge is -2.10. The SMILES string of the molecule is CNCc1ccc(OCCCN(C)C)cn1. The molecule has 0 aliphatic carbocycles. The number of hydrogen-bond donors (Lipinski definition) is 1. The Labute approximate surface area is 97.6 Å². The van der Waals surface area contributed by atoms with Gasteiger partial charge in [0.1, 0.15) is 5.75 Å². The molecule has 0 saturated heterocycles. The molecule has 4 nitrogen and oxygen atoms in total. The van der Waals surface area contributed by atoms with Crippen LogP contribution in [0, 0.1) is 0 Å². The van der Waals surface area contributed by atoms with E-state index in [4.69, 9.17) is 4.74 Å². The molecule has 4 heteroatoms. The van der Waals surface area contributed by atoms with Gasteiger partial charge >= 0.3 is 0 Å². The van der Waals surface area contributed by atoms with Crippen LogP contribution in [0.1, 0.15) is 12.1 Å². The molecule has 0 bridgehead atoms. The topological polar surface area (TPSA) is 37.4 Å². The molecule has 0 saturated carbocycles. The average molecular weight is 223 g/mol. The zero-order chi connectivity index (χ0) is 11.8. The van der Waals surface area contributed by atoms with Crippen molar-refractivity contribution < 1.29 is 4.74 Å². The number of hydrogen-bond acceptors (Lipinski definition) is 4. The molecule has 0 aliphatic rings. The molecule has 0 atom stereocenters. The highest BCUT2D eigenvalue weighted by Gasteiger charge is 1.96. The van der Waals surface area contributed by atoms with Crippen LogP contribution in [-0.2, 0) is 6.54 Å². The highest BCUT2D eigenvalue weighted by atomic mass is 16.5. The molecule has 1 heterocycles. The van der Waals surface area contributed by atoms with Crippen LogP contribution in [0.5, 0.6) is 5.75 Å². The van der Waals surface area contributed by atoms with Gasteiger partial charge in [0.05, 0.1) is 18.5 Å². The molecule has 0 fully saturated rings. The molecule has 0 aromatic carbocycles. The Kier molecular flexibility index (Phi) is 5.82. The Morgan fingerprint density at radius 1 is 1.38 bits per heavy atom. The van der Waals surface area contributed by atoms with Gasteiger partial charge in [0.15, 0.2) is 0 Å². The molecule has 1 aromatic rings. The summed E-state index contributed by atoms with van der Waals surface area (Å²) in [4.78, 5) is 6.43. The number of pyridine rings is 1. The van der Waals surface area contributed by atoms with Crippen molar-refractivity contribution in [3.05, 3.63) is 24.0 Å². The van der Waals surface area contributed by atoms with Crippen molar-refractivity contribution in [1.29, 1.82) is 0 Å². The smallest absolute Gasteiger partial charge is 0.137 e. The van der Waals surface area contributed by atoms with Gasteiger partial charge in [-0.05, 0) is 39.7 Å². The van der Waals surface area contributed by atoms with Gasteiger partial charge in [-0.25, -0.2) is 0 Å². The first-order valence-electron chi connectivity index (χ1n) is 5.59. The lowest BCUT2D eigenvalue weighted by Crippen LogP contribution is -2.15. The van der Waals surface area contributed by atoms with Crippen molar-refractivity contribution in [3.8, 4) is 5.75 Å². The van der Waals surface area contributed by atoms with Crippen LogP contribution in [0.2, 0.25) is 0 Å². The number of rotatable bonds is 7. The van der Waals surface area contributed by atoms with Crippen molar-refractivity contribution in [3.63, 3.8) is 0 Å². The Morgan fingerprint density at radius 2 is 2.19 bits per heavy atom. The Bertz CT molecular complexity index is 285. The van der Waals surface area contributed by atoms with Crippen molar-refractivity contribution >= 4 is 0 Å². The normalized spacial score (nSPS) is 10.8. The first-order valence-corrected chi connectivity index (χ1v) is 5.59. The molecule has 16 heavy (non-hydrogen) atoms. The van der Waals surface area contributed by atoms with Gasteiger partial charge < -0.3 is 15.0 Å². The van der Waals surface area contributed by atoms with Crippen molar-refractivity contribution in [2.45, 2.75) is 13.0 Å². The molecule has 0 aliphatic heterocycles.